The molecular formula is C14H20F3N. The lowest BCUT2D eigenvalue weighted by Crippen LogP contribution is -2.35. The molecule has 0 aliphatic rings. The van der Waals surface area contributed by atoms with Crippen LogP contribution in [0.25, 0.3) is 0 Å². The largest absolute Gasteiger partial charge is 0.416 e. The van der Waals surface area contributed by atoms with Gasteiger partial charge in [0, 0.05) is 6.04 Å². The molecule has 1 N–H and O–H groups in total. The molecule has 18 heavy (non-hydrogen) atoms. The van der Waals surface area contributed by atoms with Gasteiger partial charge in [-0.05, 0) is 36.6 Å². The van der Waals surface area contributed by atoms with E-state index in [0.29, 0.717) is 12.0 Å². The summed E-state index contributed by atoms with van der Waals surface area (Å²) < 4.78 is 37.3. The number of benzene rings is 1. The molecular weight excluding hydrogens is 239 g/mol. The van der Waals surface area contributed by atoms with Crippen molar-refractivity contribution >= 4 is 0 Å². The molecule has 1 nitrogen and oxygen atoms in total. The second-order valence-electron chi connectivity index (χ2n) is 4.81. The number of nitrogens with one attached hydrogen (secondary N) is 1. The van der Waals surface area contributed by atoms with E-state index in [0.717, 1.165) is 30.7 Å². The number of halogens is 3. The number of rotatable bonds is 5. The number of hydrogen-bond donors (Lipinski definition) is 1. The van der Waals surface area contributed by atoms with Crippen LogP contribution in [-0.2, 0) is 12.6 Å². The molecule has 0 fully saturated rings. The van der Waals surface area contributed by atoms with E-state index in [1.54, 1.807) is 12.1 Å². The predicted molar refractivity (Wildman–Crippen MR) is 67.5 cm³/mol. The van der Waals surface area contributed by atoms with Gasteiger partial charge in [-0.3, -0.25) is 0 Å². The molecule has 0 saturated heterocycles. The maximum atomic E-state index is 12.4. The van der Waals surface area contributed by atoms with Crippen LogP contribution >= 0.6 is 0 Å². The summed E-state index contributed by atoms with van der Waals surface area (Å²) in [6, 6.07) is 5.73. The van der Waals surface area contributed by atoms with Gasteiger partial charge < -0.3 is 5.32 Å². The molecule has 4 heteroatoms. The van der Waals surface area contributed by atoms with E-state index < -0.39 is 11.7 Å². The van der Waals surface area contributed by atoms with Crippen LogP contribution in [-0.4, -0.2) is 12.6 Å². The molecule has 1 atom stereocenters. The predicted octanol–water partition coefficient (Wildman–Crippen LogP) is 3.88. The summed E-state index contributed by atoms with van der Waals surface area (Å²) in [7, 11) is 0. The Hall–Kier alpha value is -1.03. The third-order valence-electron chi connectivity index (χ3n) is 3.01. The molecule has 0 radical (unpaired) electrons. The minimum absolute atomic E-state index is 0.298. The minimum Gasteiger partial charge on any atom is -0.314 e. The Balaban J connectivity index is 2.73. The normalized spacial score (nSPS) is 13.9. The fourth-order valence-corrected chi connectivity index (χ4v) is 1.89. The van der Waals surface area contributed by atoms with Gasteiger partial charge in [0.25, 0.3) is 0 Å². The summed E-state index contributed by atoms with van der Waals surface area (Å²) in [5.74, 6) is 0.451. The second-order valence-corrected chi connectivity index (χ2v) is 4.81. The zero-order chi connectivity index (χ0) is 13.8. The van der Waals surface area contributed by atoms with Crippen LogP contribution in [0.3, 0.4) is 0 Å². The van der Waals surface area contributed by atoms with Crippen LogP contribution in [0, 0.1) is 5.92 Å². The molecule has 0 saturated carbocycles. The topological polar surface area (TPSA) is 12.0 Å². The summed E-state index contributed by atoms with van der Waals surface area (Å²) in [6.45, 7) is 7.11. The fraction of sp³-hybridized carbons (Fsp3) is 0.571. The van der Waals surface area contributed by atoms with Crippen molar-refractivity contribution in [2.75, 3.05) is 6.54 Å². The van der Waals surface area contributed by atoms with Crippen LogP contribution in [0.1, 0.15) is 31.9 Å². The highest BCUT2D eigenvalue weighted by molar-refractivity contribution is 5.25. The Morgan fingerprint density at radius 2 is 1.67 bits per heavy atom. The zero-order valence-corrected chi connectivity index (χ0v) is 11.0. The first-order valence-electron chi connectivity index (χ1n) is 6.24. The number of alkyl halides is 3. The van der Waals surface area contributed by atoms with Crippen molar-refractivity contribution in [1.29, 1.82) is 0 Å². The molecule has 1 rings (SSSR count). The van der Waals surface area contributed by atoms with E-state index in [1.807, 2.05) is 6.92 Å². The van der Waals surface area contributed by atoms with Crippen molar-refractivity contribution in [1.82, 2.24) is 5.32 Å². The third kappa shape index (κ3) is 4.33. The number of likely N-dealkylation sites (N-methyl/N-ethyl adjacent to an activating group) is 1. The lowest BCUT2D eigenvalue weighted by Gasteiger charge is -2.22. The van der Waals surface area contributed by atoms with Gasteiger partial charge in [0.05, 0.1) is 5.56 Å². The van der Waals surface area contributed by atoms with E-state index in [4.69, 9.17) is 0 Å². The molecule has 1 aromatic rings. The van der Waals surface area contributed by atoms with E-state index >= 15 is 0 Å². The van der Waals surface area contributed by atoms with Gasteiger partial charge in [0.2, 0.25) is 0 Å². The Morgan fingerprint density at radius 1 is 1.11 bits per heavy atom. The second kappa shape index (κ2) is 6.23. The molecule has 0 amide bonds. The summed E-state index contributed by atoms with van der Waals surface area (Å²) >= 11 is 0. The van der Waals surface area contributed by atoms with Crippen molar-refractivity contribution in [3.63, 3.8) is 0 Å². The highest BCUT2D eigenvalue weighted by Gasteiger charge is 2.30. The average molecular weight is 259 g/mol. The lowest BCUT2D eigenvalue weighted by molar-refractivity contribution is -0.137. The standard InChI is InChI=1S/C14H20F3N/c1-4-18-13(10(2)3)9-11-5-7-12(8-6-11)14(15,16)17/h5-8,10,13,18H,4,9H2,1-3H3. The molecule has 0 spiro atoms. The average Bonchev–Trinajstić information content (AvgIpc) is 2.28. The van der Waals surface area contributed by atoms with Gasteiger partial charge in [-0.25, -0.2) is 0 Å². The lowest BCUT2D eigenvalue weighted by atomic mass is 9.96. The quantitative estimate of drug-likeness (QED) is 0.846. The monoisotopic (exact) mass is 259 g/mol. The van der Waals surface area contributed by atoms with Crippen LogP contribution in [0.5, 0.6) is 0 Å². The zero-order valence-electron chi connectivity index (χ0n) is 11.0. The molecule has 0 bridgehead atoms. The summed E-state index contributed by atoms with van der Waals surface area (Å²) in [5.41, 5.74) is 0.346. The maximum absolute atomic E-state index is 12.4. The Labute approximate surface area is 106 Å². The molecule has 0 aromatic heterocycles. The SMILES string of the molecule is CCNC(Cc1ccc(C(F)(F)F)cc1)C(C)C. The Bertz CT molecular complexity index is 354. The Kier molecular flexibility index (Phi) is 5.20. The first-order chi connectivity index (χ1) is 8.34. The molecule has 0 aliphatic heterocycles. The van der Waals surface area contributed by atoms with Crippen LogP contribution in [0.15, 0.2) is 24.3 Å². The van der Waals surface area contributed by atoms with Crippen molar-refractivity contribution in [3.8, 4) is 0 Å². The van der Waals surface area contributed by atoms with Crippen LogP contribution < -0.4 is 5.32 Å². The van der Waals surface area contributed by atoms with Gasteiger partial charge >= 0.3 is 6.18 Å². The van der Waals surface area contributed by atoms with Crippen molar-refractivity contribution < 1.29 is 13.2 Å². The van der Waals surface area contributed by atoms with Gasteiger partial charge in [0.1, 0.15) is 0 Å². The van der Waals surface area contributed by atoms with Gasteiger partial charge in [-0.1, -0.05) is 32.9 Å². The van der Waals surface area contributed by atoms with E-state index in [1.165, 1.54) is 0 Å². The van der Waals surface area contributed by atoms with Gasteiger partial charge in [0.15, 0.2) is 0 Å². The van der Waals surface area contributed by atoms with E-state index in [9.17, 15) is 13.2 Å². The maximum Gasteiger partial charge on any atom is 0.416 e. The Morgan fingerprint density at radius 3 is 2.06 bits per heavy atom. The molecule has 0 heterocycles. The van der Waals surface area contributed by atoms with Crippen molar-refractivity contribution in [2.24, 2.45) is 5.92 Å². The van der Waals surface area contributed by atoms with Crippen LogP contribution in [0.4, 0.5) is 13.2 Å². The molecule has 1 unspecified atom stereocenters. The first-order valence-corrected chi connectivity index (χ1v) is 6.24. The third-order valence-corrected chi connectivity index (χ3v) is 3.01. The highest BCUT2D eigenvalue weighted by Crippen LogP contribution is 2.29. The van der Waals surface area contributed by atoms with Gasteiger partial charge in [-0.2, -0.15) is 13.2 Å². The summed E-state index contributed by atoms with van der Waals surface area (Å²) in [5, 5.41) is 3.35. The van der Waals surface area contributed by atoms with Crippen LogP contribution in [0.2, 0.25) is 0 Å². The molecule has 0 aliphatic carbocycles. The summed E-state index contributed by atoms with van der Waals surface area (Å²) in [6.07, 6.45) is -3.50. The molecule has 1 aromatic carbocycles. The highest BCUT2D eigenvalue weighted by atomic mass is 19.4. The number of hydrogen-bond acceptors (Lipinski definition) is 1. The van der Waals surface area contributed by atoms with Gasteiger partial charge in [-0.15, -0.1) is 0 Å². The van der Waals surface area contributed by atoms with E-state index in [-0.39, 0.29) is 0 Å². The van der Waals surface area contributed by atoms with Crippen molar-refractivity contribution in [3.05, 3.63) is 35.4 Å². The fourth-order valence-electron chi connectivity index (χ4n) is 1.89. The summed E-state index contributed by atoms with van der Waals surface area (Å²) in [4.78, 5) is 0. The van der Waals surface area contributed by atoms with E-state index in [2.05, 4.69) is 19.2 Å². The first kappa shape index (κ1) is 15.0. The van der Waals surface area contributed by atoms with Crippen molar-refractivity contribution in [2.45, 2.75) is 39.4 Å². The molecule has 102 valence electrons. The smallest absolute Gasteiger partial charge is 0.314 e. The minimum atomic E-state index is -4.25.